The fraction of sp³-hybridized carbons (Fsp3) is 0.0455. The number of urea groups is 1. The van der Waals surface area contributed by atoms with E-state index in [-0.39, 0.29) is 5.57 Å². The maximum Gasteiger partial charge on any atom is 0.319 e. The third kappa shape index (κ3) is 5.28. The number of amides is 3. The number of ether oxygens (including phenoxy) is 1. The van der Waals surface area contributed by atoms with E-state index in [1.54, 1.807) is 18.2 Å². The summed E-state index contributed by atoms with van der Waals surface area (Å²) < 4.78 is 7.77. The van der Waals surface area contributed by atoms with E-state index in [1.165, 1.54) is 6.08 Å². The van der Waals surface area contributed by atoms with Crippen molar-refractivity contribution in [1.29, 1.82) is 5.26 Å². The molecule has 150 valence electrons. The molecule has 0 atom stereocenters. The summed E-state index contributed by atoms with van der Waals surface area (Å²) in [6.07, 6.45) is 1.40. The molecule has 3 amide bonds. The summed E-state index contributed by atoms with van der Waals surface area (Å²) in [5, 5.41) is 13.4. The molecule has 0 bridgehead atoms. The van der Waals surface area contributed by atoms with Gasteiger partial charge in [0.1, 0.15) is 24.0 Å². The van der Waals surface area contributed by atoms with Gasteiger partial charge in [-0.3, -0.25) is 10.1 Å². The maximum atomic E-state index is 11.9. The molecule has 6 nitrogen and oxygen atoms in total. The van der Waals surface area contributed by atoms with Gasteiger partial charge in [-0.05, 0) is 85.3 Å². The Kier molecular flexibility index (Phi) is 7.28. The van der Waals surface area contributed by atoms with E-state index < -0.39 is 11.9 Å². The summed E-state index contributed by atoms with van der Waals surface area (Å²) in [5.41, 5.74) is 6.44. The van der Waals surface area contributed by atoms with Crippen LogP contribution in [0.4, 0.5) is 4.79 Å². The molecule has 0 radical (unpaired) electrons. The highest BCUT2D eigenvalue weighted by Crippen LogP contribution is 2.31. The van der Waals surface area contributed by atoms with E-state index >= 15 is 0 Å². The van der Waals surface area contributed by atoms with Crippen LogP contribution < -0.4 is 15.8 Å². The van der Waals surface area contributed by atoms with Crippen molar-refractivity contribution in [3.05, 3.63) is 78.4 Å². The van der Waals surface area contributed by atoms with E-state index in [1.807, 2.05) is 29.6 Å². The fourth-order valence-corrected chi connectivity index (χ4v) is 4.99. The van der Waals surface area contributed by atoms with Gasteiger partial charge in [0.05, 0.1) is 7.14 Å². The number of primary amides is 1. The second kappa shape index (κ2) is 9.90. The van der Waals surface area contributed by atoms with Crippen LogP contribution in [0.3, 0.4) is 0 Å². The van der Waals surface area contributed by atoms with Crippen LogP contribution in [-0.2, 0) is 11.4 Å². The van der Waals surface area contributed by atoms with Crippen LogP contribution in [0.5, 0.6) is 5.75 Å². The van der Waals surface area contributed by atoms with Crippen molar-refractivity contribution in [2.45, 2.75) is 6.61 Å². The minimum Gasteiger partial charge on any atom is -0.487 e. The van der Waals surface area contributed by atoms with Gasteiger partial charge in [0.2, 0.25) is 0 Å². The van der Waals surface area contributed by atoms with Crippen LogP contribution >= 0.6 is 45.2 Å². The second-order valence-corrected chi connectivity index (χ2v) is 8.55. The molecule has 0 unspecified atom stereocenters. The molecular weight excluding hydrogens is 608 g/mol. The highest BCUT2D eigenvalue weighted by atomic mass is 127. The molecule has 0 saturated carbocycles. The molecule has 0 heterocycles. The fourth-order valence-electron chi connectivity index (χ4n) is 2.86. The lowest BCUT2D eigenvalue weighted by atomic mass is 10.1. The average molecular weight is 623 g/mol. The number of nitriles is 1. The summed E-state index contributed by atoms with van der Waals surface area (Å²) in [6, 6.07) is 18.6. The monoisotopic (exact) mass is 623 g/mol. The number of rotatable bonds is 5. The van der Waals surface area contributed by atoms with E-state index in [9.17, 15) is 14.9 Å². The molecule has 30 heavy (non-hydrogen) atoms. The number of nitrogens with two attached hydrogens (primary N) is 1. The number of halogens is 2. The van der Waals surface area contributed by atoms with Gasteiger partial charge in [0.25, 0.3) is 5.91 Å². The second-order valence-electron chi connectivity index (χ2n) is 6.23. The summed E-state index contributed by atoms with van der Waals surface area (Å²) in [6.45, 7) is 0.410. The van der Waals surface area contributed by atoms with Crippen molar-refractivity contribution in [3.63, 3.8) is 0 Å². The zero-order valence-corrected chi connectivity index (χ0v) is 19.8. The summed E-state index contributed by atoms with van der Waals surface area (Å²) in [4.78, 5) is 22.7. The largest absolute Gasteiger partial charge is 0.487 e. The predicted molar refractivity (Wildman–Crippen MR) is 131 cm³/mol. The van der Waals surface area contributed by atoms with Gasteiger partial charge in [-0.1, -0.05) is 42.5 Å². The first-order valence-corrected chi connectivity index (χ1v) is 10.9. The first kappa shape index (κ1) is 22.0. The molecule has 0 aliphatic heterocycles. The summed E-state index contributed by atoms with van der Waals surface area (Å²) in [7, 11) is 0. The van der Waals surface area contributed by atoms with Crippen molar-refractivity contribution >= 4 is 74.0 Å². The summed E-state index contributed by atoms with van der Waals surface area (Å²) in [5.74, 6) is -0.118. The van der Waals surface area contributed by atoms with Crippen LogP contribution in [-0.4, -0.2) is 11.9 Å². The number of nitrogens with zero attached hydrogens (tertiary/aromatic N) is 1. The minimum atomic E-state index is -1.01. The lowest BCUT2D eigenvalue weighted by molar-refractivity contribution is -0.115. The van der Waals surface area contributed by atoms with Crippen LogP contribution in [0.1, 0.15) is 11.1 Å². The number of benzene rings is 3. The lowest BCUT2D eigenvalue weighted by Crippen LogP contribution is -2.35. The van der Waals surface area contributed by atoms with E-state index in [4.69, 9.17) is 10.5 Å². The molecular formula is C22H15I2N3O3. The van der Waals surface area contributed by atoms with Gasteiger partial charge in [0, 0.05) is 0 Å². The molecule has 0 aliphatic carbocycles. The van der Waals surface area contributed by atoms with Gasteiger partial charge in [-0.25, -0.2) is 4.79 Å². The number of carbonyl (C=O) groups excluding carboxylic acids is 2. The van der Waals surface area contributed by atoms with E-state index in [2.05, 4.69) is 63.4 Å². The standard InChI is InChI=1S/C22H15I2N3O3/c23-18-9-13(8-16(11-25)21(28)27-22(26)29)10-19(24)20(18)30-12-15-6-3-5-14-4-1-2-7-17(14)15/h1-10H,12H2,(H3,26,27,28,29)/b16-8-. The topological polar surface area (TPSA) is 105 Å². The lowest BCUT2D eigenvalue weighted by Gasteiger charge is -2.13. The molecule has 3 aromatic carbocycles. The Labute approximate surface area is 200 Å². The Hall–Kier alpha value is -2.65. The van der Waals surface area contributed by atoms with Crippen molar-refractivity contribution in [1.82, 2.24) is 5.32 Å². The predicted octanol–water partition coefficient (Wildman–Crippen LogP) is 4.73. The number of nitrogens with one attached hydrogen (secondary N) is 1. The quantitative estimate of drug-likeness (QED) is 0.244. The van der Waals surface area contributed by atoms with Gasteiger partial charge in [0.15, 0.2) is 0 Å². The first-order chi connectivity index (χ1) is 14.4. The zero-order chi connectivity index (χ0) is 21.7. The molecule has 3 rings (SSSR count). The molecule has 0 saturated heterocycles. The number of hydrogen-bond donors (Lipinski definition) is 2. The Morgan fingerprint density at radius 3 is 2.43 bits per heavy atom. The first-order valence-electron chi connectivity index (χ1n) is 8.70. The van der Waals surface area contributed by atoms with Crippen LogP contribution in [0, 0.1) is 18.5 Å². The Balaban J connectivity index is 1.84. The molecule has 0 spiro atoms. The Bertz CT molecular complexity index is 1190. The van der Waals surface area contributed by atoms with Crippen LogP contribution in [0.25, 0.3) is 16.8 Å². The van der Waals surface area contributed by atoms with Gasteiger partial charge in [-0.15, -0.1) is 0 Å². The molecule has 0 fully saturated rings. The Morgan fingerprint density at radius 1 is 1.10 bits per heavy atom. The van der Waals surface area contributed by atoms with Crippen LogP contribution in [0.15, 0.2) is 60.2 Å². The van der Waals surface area contributed by atoms with Gasteiger partial charge >= 0.3 is 6.03 Å². The third-order valence-electron chi connectivity index (χ3n) is 4.19. The molecule has 3 aromatic rings. The molecule has 3 N–H and O–H groups in total. The van der Waals surface area contributed by atoms with Gasteiger partial charge in [-0.2, -0.15) is 5.26 Å². The summed E-state index contributed by atoms with van der Waals surface area (Å²) >= 11 is 4.30. The maximum absolute atomic E-state index is 11.9. The third-order valence-corrected chi connectivity index (χ3v) is 5.79. The number of fused-ring (bicyclic) bond motifs is 1. The van der Waals surface area contributed by atoms with Crippen molar-refractivity contribution in [3.8, 4) is 11.8 Å². The number of imide groups is 1. The van der Waals surface area contributed by atoms with Gasteiger partial charge < -0.3 is 10.5 Å². The minimum absolute atomic E-state index is 0.218. The highest BCUT2D eigenvalue weighted by molar-refractivity contribution is 14.1. The number of carbonyl (C=O) groups is 2. The SMILES string of the molecule is N#C/C(=C/c1cc(I)c(OCc2cccc3ccccc23)c(I)c1)C(=O)NC(N)=O. The molecule has 0 aromatic heterocycles. The van der Waals surface area contributed by atoms with Crippen molar-refractivity contribution < 1.29 is 14.3 Å². The highest BCUT2D eigenvalue weighted by Gasteiger charge is 2.14. The molecule has 0 aliphatic rings. The zero-order valence-electron chi connectivity index (χ0n) is 15.5. The van der Waals surface area contributed by atoms with Crippen molar-refractivity contribution in [2.75, 3.05) is 0 Å². The smallest absolute Gasteiger partial charge is 0.319 e. The molecule has 8 heteroatoms. The van der Waals surface area contributed by atoms with E-state index in [0.29, 0.717) is 12.2 Å². The normalized spacial score (nSPS) is 11.0. The average Bonchev–Trinajstić information content (AvgIpc) is 2.71. The number of hydrogen-bond acceptors (Lipinski definition) is 4. The van der Waals surface area contributed by atoms with E-state index in [0.717, 1.165) is 29.2 Å². The Morgan fingerprint density at radius 2 is 1.77 bits per heavy atom. The van der Waals surface area contributed by atoms with Crippen LogP contribution in [0.2, 0.25) is 0 Å². The van der Waals surface area contributed by atoms with Crippen molar-refractivity contribution in [2.24, 2.45) is 5.73 Å².